The van der Waals surface area contributed by atoms with Gasteiger partial charge in [-0.15, -0.1) is 11.3 Å². The summed E-state index contributed by atoms with van der Waals surface area (Å²) < 4.78 is 17.4. The van der Waals surface area contributed by atoms with Crippen molar-refractivity contribution in [2.45, 2.75) is 20.3 Å². The summed E-state index contributed by atoms with van der Waals surface area (Å²) in [6.45, 7) is 5.51. The van der Waals surface area contributed by atoms with Crippen LogP contribution in [-0.2, 0) is 6.42 Å². The number of hydrogen-bond donors (Lipinski definition) is 1. The Kier molecular flexibility index (Phi) is 7.23. The van der Waals surface area contributed by atoms with Crippen LogP contribution < -0.4 is 19.5 Å². The van der Waals surface area contributed by atoms with Crippen molar-refractivity contribution in [3.05, 3.63) is 51.9 Å². The topological polar surface area (TPSA) is 56.8 Å². The Labute approximate surface area is 179 Å². The summed E-state index contributed by atoms with van der Waals surface area (Å²) in [6.07, 6.45) is 0.675. The minimum Gasteiger partial charge on any atom is -0.497 e. The third kappa shape index (κ3) is 4.95. The number of methoxy groups -OCH3 is 1. The molecule has 0 spiro atoms. The lowest BCUT2D eigenvalue weighted by atomic mass is 10.1. The third-order valence-corrected chi connectivity index (χ3v) is 6.02. The van der Waals surface area contributed by atoms with Crippen LogP contribution in [0.3, 0.4) is 0 Å². The molecule has 0 saturated heterocycles. The minimum atomic E-state index is -0.175. The molecule has 2 aromatic carbocycles. The number of carbonyl (C=O) groups is 1. The number of hydrogen-bond acceptors (Lipinski definition) is 5. The van der Waals surface area contributed by atoms with Crippen molar-refractivity contribution in [2.75, 3.05) is 26.9 Å². The van der Waals surface area contributed by atoms with Crippen LogP contribution in [0.15, 0.2) is 36.4 Å². The number of nitrogens with one attached hydrogen (secondary N) is 1. The molecule has 29 heavy (non-hydrogen) atoms. The van der Waals surface area contributed by atoms with Gasteiger partial charge in [-0.1, -0.05) is 17.7 Å². The Bertz CT molecular complexity index is 1000. The van der Waals surface area contributed by atoms with Crippen molar-refractivity contribution in [3.63, 3.8) is 0 Å². The molecule has 0 atom stereocenters. The fourth-order valence-electron chi connectivity index (χ4n) is 2.97. The van der Waals surface area contributed by atoms with E-state index >= 15 is 0 Å². The predicted octanol–water partition coefficient (Wildman–Crippen LogP) is 5.33. The maximum atomic E-state index is 12.6. The largest absolute Gasteiger partial charge is 0.497 e. The second-order valence-electron chi connectivity index (χ2n) is 6.26. The van der Waals surface area contributed by atoms with Gasteiger partial charge in [0, 0.05) is 16.6 Å². The molecule has 1 heterocycles. The van der Waals surface area contributed by atoms with E-state index in [2.05, 4.69) is 5.32 Å². The SMILES string of the molecule is CCOc1ccc(CCNC(=O)c2sc3ccc(OC)cc3c2Cl)cc1OCC. The second kappa shape index (κ2) is 9.85. The van der Waals surface area contributed by atoms with Crippen molar-refractivity contribution in [1.82, 2.24) is 5.32 Å². The van der Waals surface area contributed by atoms with Gasteiger partial charge in [0.25, 0.3) is 5.91 Å². The highest BCUT2D eigenvalue weighted by molar-refractivity contribution is 7.21. The quantitative estimate of drug-likeness (QED) is 0.495. The fourth-order valence-corrected chi connectivity index (χ4v) is 4.38. The Balaban J connectivity index is 1.66. The molecule has 154 valence electrons. The van der Waals surface area contributed by atoms with Crippen molar-refractivity contribution in [2.24, 2.45) is 0 Å². The monoisotopic (exact) mass is 433 g/mol. The summed E-state index contributed by atoms with van der Waals surface area (Å²) in [6, 6.07) is 11.5. The van der Waals surface area contributed by atoms with Crippen LogP contribution >= 0.6 is 22.9 Å². The first-order valence-electron chi connectivity index (χ1n) is 9.50. The summed E-state index contributed by atoms with van der Waals surface area (Å²) in [7, 11) is 1.60. The molecule has 7 heteroatoms. The molecule has 0 unspecified atom stereocenters. The van der Waals surface area contributed by atoms with Gasteiger partial charge in [0.15, 0.2) is 11.5 Å². The molecule has 0 aliphatic heterocycles. The van der Waals surface area contributed by atoms with Crippen LogP contribution in [-0.4, -0.2) is 32.8 Å². The molecule has 1 amide bonds. The number of carbonyl (C=O) groups excluding carboxylic acids is 1. The Morgan fingerprint density at radius 3 is 2.55 bits per heavy atom. The number of amides is 1. The lowest BCUT2D eigenvalue weighted by molar-refractivity contribution is 0.0958. The Morgan fingerprint density at radius 2 is 1.83 bits per heavy atom. The normalized spacial score (nSPS) is 10.8. The lowest BCUT2D eigenvalue weighted by Crippen LogP contribution is -2.25. The Morgan fingerprint density at radius 1 is 1.07 bits per heavy atom. The average Bonchev–Trinajstić information content (AvgIpc) is 3.06. The van der Waals surface area contributed by atoms with E-state index in [1.165, 1.54) is 11.3 Å². The van der Waals surface area contributed by atoms with Gasteiger partial charge in [-0.3, -0.25) is 4.79 Å². The molecule has 0 radical (unpaired) electrons. The van der Waals surface area contributed by atoms with Gasteiger partial charge in [0.05, 0.1) is 25.3 Å². The van der Waals surface area contributed by atoms with Gasteiger partial charge in [0.2, 0.25) is 0 Å². The van der Waals surface area contributed by atoms with Crippen molar-refractivity contribution in [3.8, 4) is 17.2 Å². The fraction of sp³-hybridized carbons (Fsp3) is 0.318. The molecule has 0 aliphatic carbocycles. The van der Waals surface area contributed by atoms with E-state index in [-0.39, 0.29) is 5.91 Å². The summed E-state index contributed by atoms with van der Waals surface area (Å²) in [4.78, 5) is 13.1. The number of halogens is 1. The van der Waals surface area contributed by atoms with Gasteiger partial charge in [-0.25, -0.2) is 0 Å². The standard InChI is InChI=1S/C22H24ClNO4S/c1-4-27-17-8-6-14(12-18(17)28-5-2)10-11-24-22(25)21-20(23)16-13-15(26-3)7-9-19(16)29-21/h6-9,12-13H,4-5,10-11H2,1-3H3,(H,24,25). The molecule has 0 fully saturated rings. The van der Waals surface area contributed by atoms with Gasteiger partial charge in [0.1, 0.15) is 10.6 Å². The van der Waals surface area contributed by atoms with E-state index < -0.39 is 0 Å². The average molecular weight is 434 g/mol. The van der Waals surface area contributed by atoms with E-state index in [1.54, 1.807) is 7.11 Å². The zero-order chi connectivity index (χ0) is 20.8. The van der Waals surface area contributed by atoms with Gasteiger partial charge < -0.3 is 19.5 Å². The summed E-state index contributed by atoms with van der Waals surface area (Å²) >= 11 is 7.82. The Hall–Kier alpha value is -2.44. The zero-order valence-corrected chi connectivity index (χ0v) is 18.3. The van der Waals surface area contributed by atoms with E-state index in [4.69, 9.17) is 25.8 Å². The zero-order valence-electron chi connectivity index (χ0n) is 16.7. The third-order valence-electron chi connectivity index (χ3n) is 4.35. The molecule has 3 aromatic rings. The first-order valence-corrected chi connectivity index (χ1v) is 10.7. The van der Waals surface area contributed by atoms with Gasteiger partial charge in [-0.05, 0) is 56.2 Å². The molecule has 0 bridgehead atoms. The number of benzene rings is 2. The van der Waals surface area contributed by atoms with Crippen LogP contribution in [0.4, 0.5) is 0 Å². The highest BCUT2D eigenvalue weighted by Crippen LogP contribution is 2.37. The van der Waals surface area contributed by atoms with Crippen LogP contribution in [0.1, 0.15) is 29.1 Å². The number of ether oxygens (including phenoxy) is 3. The van der Waals surface area contributed by atoms with Crippen molar-refractivity contribution < 1.29 is 19.0 Å². The summed E-state index contributed by atoms with van der Waals surface area (Å²) in [5.41, 5.74) is 1.06. The van der Waals surface area contributed by atoms with E-state index in [0.29, 0.717) is 41.8 Å². The predicted molar refractivity (Wildman–Crippen MR) is 118 cm³/mol. The first kappa shape index (κ1) is 21.3. The summed E-state index contributed by atoms with van der Waals surface area (Å²) in [5.74, 6) is 1.99. The maximum absolute atomic E-state index is 12.6. The van der Waals surface area contributed by atoms with E-state index in [9.17, 15) is 4.79 Å². The highest BCUT2D eigenvalue weighted by atomic mass is 35.5. The molecule has 0 saturated carbocycles. The van der Waals surface area contributed by atoms with Crippen LogP contribution in [0.5, 0.6) is 17.2 Å². The van der Waals surface area contributed by atoms with Gasteiger partial charge in [-0.2, -0.15) is 0 Å². The molecule has 5 nitrogen and oxygen atoms in total. The molecular weight excluding hydrogens is 410 g/mol. The number of fused-ring (bicyclic) bond motifs is 1. The molecule has 0 aliphatic rings. The van der Waals surface area contributed by atoms with Crippen molar-refractivity contribution in [1.29, 1.82) is 0 Å². The number of thiophene rings is 1. The lowest BCUT2D eigenvalue weighted by Gasteiger charge is -2.12. The minimum absolute atomic E-state index is 0.175. The molecule has 1 aromatic heterocycles. The number of rotatable bonds is 9. The highest BCUT2D eigenvalue weighted by Gasteiger charge is 2.17. The van der Waals surface area contributed by atoms with E-state index in [1.807, 2.05) is 50.2 Å². The smallest absolute Gasteiger partial charge is 0.262 e. The second-order valence-corrected chi connectivity index (χ2v) is 7.69. The first-order chi connectivity index (χ1) is 14.1. The summed E-state index contributed by atoms with van der Waals surface area (Å²) in [5, 5.41) is 4.24. The van der Waals surface area contributed by atoms with Crippen LogP contribution in [0, 0.1) is 0 Å². The van der Waals surface area contributed by atoms with Crippen molar-refractivity contribution >= 4 is 38.9 Å². The molecular formula is C22H24ClNO4S. The molecule has 1 N–H and O–H groups in total. The maximum Gasteiger partial charge on any atom is 0.262 e. The molecule has 3 rings (SSSR count). The van der Waals surface area contributed by atoms with Crippen LogP contribution in [0.25, 0.3) is 10.1 Å². The van der Waals surface area contributed by atoms with Gasteiger partial charge >= 0.3 is 0 Å². The van der Waals surface area contributed by atoms with Crippen LogP contribution in [0.2, 0.25) is 5.02 Å². The van der Waals surface area contributed by atoms with E-state index in [0.717, 1.165) is 27.1 Å².